The molecule has 11 heavy (non-hydrogen) atoms. The minimum absolute atomic E-state index is 0.446. The second kappa shape index (κ2) is 3.59. The van der Waals surface area contributed by atoms with Gasteiger partial charge >= 0.3 is 0 Å². The summed E-state index contributed by atoms with van der Waals surface area (Å²) in [5, 5.41) is -0.446. The highest BCUT2D eigenvalue weighted by atomic mass is 32.2. The van der Waals surface area contributed by atoms with Gasteiger partial charge in [0.25, 0.3) is 0 Å². The monoisotopic (exact) mass is 170 g/mol. The average molecular weight is 170 g/mol. The van der Waals surface area contributed by atoms with Crippen LogP contribution in [0.1, 0.15) is 17.7 Å². The summed E-state index contributed by atoms with van der Waals surface area (Å²) in [6.45, 7) is 1.64. The first-order chi connectivity index (χ1) is 5.22. The molecule has 0 aliphatic carbocycles. The highest BCUT2D eigenvalue weighted by Crippen LogP contribution is 2.15. The molecule has 60 valence electrons. The van der Waals surface area contributed by atoms with Crippen LogP contribution in [-0.4, -0.2) is 13.7 Å². The summed E-state index contributed by atoms with van der Waals surface area (Å²) in [7, 11) is 0. The Morgan fingerprint density at radius 1 is 1.55 bits per heavy atom. The molecule has 0 saturated heterocycles. The van der Waals surface area contributed by atoms with Crippen LogP contribution in [0.4, 0.5) is 0 Å². The van der Waals surface area contributed by atoms with Crippen LogP contribution >= 0.6 is 0 Å². The van der Waals surface area contributed by atoms with Crippen LogP contribution in [0.5, 0.6) is 0 Å². The van der Waals surface area contributed by atoms with Crippen molar-refractivity contribution in [1.82, 2.24) is 4.98 Å². The number of pyridine rings is 1. The quantitative estimate of drug-likeness (QED) is 0.623. The number of rotatable bonds is 2. The Morgan fingerprint density at radius 2 is 2.09 bits per heavy atom. The average Bonchev–Trinajstić information content (AvgIpc) is 2.05. The first-order valence-electron chi connectivity index (χ1n) is 3.20. The maximum Gasteiger partial charge on any atom is 0.0438 e. The first kappa shape index (κ1) is 8.36. The Morgan fingerprint density at radius 3 is 2.55 bits per heavy atom. The molecule has 0 aliphatic rings. The maximum absolute atomic E-state index is 10.5. The summed E-state index contributed by atoms with van der Waals surface area (Å²) in [6.07, 6.45) is 3.16. The molecule has 1 aromatic rings. The van der Waals surface area contributed by atoms with E-state index in [1.54, 1.807) is 31.5 Å². The van der Waals surface area contributed by atoms with Crippen LogP contribution in [0.3, 0.4) is 0 Å². The lowest BCUT2D eigenvalue weighted by molar-refractivity contribution is 0.527. The summed E-state index contributed by atoms with van der Waals surface area (Å²) < 4.78 is 21.0. The minimum atomic E-state index is -2.04. The van der Waals surface area contributed by atoms with Crippen molar-refractivity contribution < 1.29 is 8.76 Å². The second-order valence-corrected chi connectivity index (χ2v) is 3.41. The van der Waals surface area contributed by atoms with Gasteiger partial charge in [-0.15, -0.1) is 0 Å². The van der Waals surface area contributed by atoms with E-state index < -0.39 is 16.3 Å². The molecule has 0 amide bonds. The molecule has 0 spiro atoms. The number of hydrogen-bond donors (Lipinski definition) is 0. The molecule has 1 rings (SSSR count). The van der Waals surface area contributed by atoms with Crippen LogP contribution < -0.4 is 0 Å². The molecule has 0 aliphatic heterocycles. The van der Waals surface area contributed by atoms with Crippen LogP contribution in [0.25, 0.3) is 0 Å². The van der Waals surface area contributed by atoms with Crippen molar-refractivity contribution in [3.8, 4) is 0 Å². The molecule has 0 radical (unpaired) electrons. The molecule has 0 bridgehead atoms. The molecular formula is C7H8NO2S-. The van der Waals surface area contributed by atoms with E-state index in [-0.39, 0.29) is 0 Å². The van der Waals surface area contributed by atoms with Gasteiger partial charge in [-0.05, 0) is 35.7 Å². The zero-order valence-electron chi connectivity index (χ0n) is 6.06. The van der Waals surface area contributed by atoms with E-state index in [1.165, 1.54) is 0 Å². The Hall–Kier alpha value is -0.740. The SMILES string of the molecule is CC(c1ccncc1)S(=O)[O-]. The zero-order valence-corrected chi connectivity index (χ0v) is 6.88. The predicted molar refractivity (Wildman–Crippen MR) is 41.6 cm³/mol. The predicted octanol–water partition coefficient (Wildman–Crippen LogP) is 1.02. The van der Waals surface area contributed by atoms with E-state index in [1.807, 2.05) is 0 Å². The van der Waals surface area contributed by atoms with E-state index >= 15 is 0 Å². The smallest absolute Gasteiger partial charge is 0.0438 e. The number of hydrogen-bond acceptors (Lipinski definition) is 3. The van der Waals surface area contributed by atoms with E-state index in [0.29, 0.717) is 0 Å². The highest BCUT2D eigenvalue weighted by molar-refractivity contribution is 7.79. The maximum atomic E-state index is 10.5. The largest absolute Gasteiger partial charge is 0.772 e. The van der Waals surface area contributed by atoms with Crippen molar-refractivity contribution in [1.29, 1.82) is 0 Å². The molecule has 2 unspecified atom stereocenters. The van der Waals surface area contributed by atoms with Crippen molar-refractivity contribution in [2.45, 2.75) is 12.2 Å². The summed E-state index contributed by atoms with van der Waals surface area (Å²) in [6, 6.07) is 3.39. The minimum Gasteiger partial charge on any atom is -0.772 e. The Balaban J connectivity index is 2.85. The second-order valence-electron chi connectivity index (χ2n) is 2.18. The lowest BCUT2D eigenvalue weighted by Crippen LogP contribution is -2.00. The molecule has 0 aromatic carbocycles. The molecule has 0 saturated carbocycles. The summed E-state index contributed by atoms with van der Waals surface area (Å²) in [5.41, 5.74) is 0.772. The number of nitrogens with zero attached hydrogens (tertiary/aromatic N) is 1. The fraction of sp³-hybridized carbons (Fsp3) is 0.286. The molecule has 0 fully saturated rings. The highest BCUT2D eigenvalue weighted by Gasteiger charge is 2.03. The van der Waals surface area contributed by atoms with Gasteiger partial charge in [0.15, 0.2) is 0 Å². The van der Waals surface area contributed by atoms with Crippen molar-refractivity contribution in [2.24, 2.45) is 0 Å². The van der Waals surface area contributed by atoms with Gasteiger partial charge in [-0.1, -0.05) is 0 Å². The van der Waals surface area contributed by atoms with Gasteiger partial charge in [-0.3, -0.25) is 9.19 Å². The van der Waals surface area contributed by atoms with E-state index in [0.717, 1.165) is 5.56 Å². The summed E-state index contributed by atoms with van der Waals surface area (Å²) >= 11 is -2.04. The van der Waals surface area contributed by atoms with Crippen LogP contribution in [-0.2, 0) is 11.1 Å². The molecule has 4 heteroatoms. The number of aromatic nitrogens is 1. The standard InChI is InChI=1S/C7H9NO2S/c1-6(11(9)10)7-2-4-8-5-3-7/h2-6H,1H3,(H,9,10)/p-1. The Kier molecular flexibility index (Phi) is 2.73. The van der Waals surface area contributed by atoms with Gasteiger partial charge < -0.3 is 4.55 Å². The third kappa shape index (κ3) is 2.10. The van der Waals surface area contributed by atoms with Crippen LogP contribution in [0.15, 0.2) is 24.5 Å². The van der Waals surface area contributed by atoms with Gasteiger partial charge in [0.1, 0.15) is 0 Å². The van der Waals surface area contributed by atoms with Gasteiger partial charge in [-0.2, -0.15) is 0 Å². The molecular weight excluding hydrogens is 162 g/mol. The molecule has 1 aromatic heterocycles. The molecule has 0 N–H and O–H groups in total. The fourth-order valence-electron chi connectivity index (χ4n) is 0.746. The molecule has 3 nitrogen and oxygen atoms in total. The van der Waals surface area contributed by atoms with E-state index in [2.05, 4.69) is 4.98 Å². The van der Waals surface area contributed by atoms with Crippen LogP contribution in [0, 0.1) is 0 Å². The lowest BCUT2D eigenvalue weighted by Gasteiger charge is -2.13. The fourth-order valence-corrected chi connectivity index (χ4v) is 1.12. The van der Waals surface area contributed by atoms with Crippen molar-refractivity contribution in [3.05, 3.63) is 30.1 Å². The lowest BCUT2D eigenvalue weighted by atomic mass is 10.2. The van der Waals surface area contributed by atoms with Gasteiger partial charge in [0.05, 0.1) is 0 Å². The van der Waals surface area contributed by atoms with Crippen LogP contribution in [0.2, 0.25) is 0 Å². The molecule has 2 atom stereocenters. The van der Waals surface area contributed by atoms with Crippen molar-refractivity contribution in [2.75, 3.05) is 0 Å². The Labute approximate surface area is 67.8 Å². The first-order valence-corrected chi connectivity index (χ1v) is 4.33. The van der Waals surface area contributed by atoms with Crippen molar-refractivity contribution >= 4 is 11.1 Å². The van der Waals surface area contributed by atoms with E-state index in [9.17, 15) is 8.76 Å². The third-order valence-corrected chi connectivity index (χ3v) is 2.31. The van der Waals surface area contributed by atoms with Gasteiger partial charge in [-0.25, -0.2) is 0 Å². The van der Waals surface area contributed by atoms with Crippen molar-refractivity contribution in [3.63, 3.8) is 0 Å². The Bertz CT molecular complexity index is 250. The normalized spacial score (nSPS) is 15.8. The summed E-state index contributed by atoms with van der Waals surface area (Å²) in [4.78, 5) is 3.79. The topological polar surface area (TPSA) is 53.0 Å². The third-order valence-electron chi connectivity index (χ3n) is 1.46. The van der Waals surface area contributed by atoms with Gasteiger partial charge in [0, 0.05) is 17.6 Å². The van der Waals surface area contributed by atoms with Gasteiger partial charge in [0.2, 0.25) is 0 Å². The zero-order chi connectivity index (χ0) is 8.27. The van der Waals surface area contributed by atoms with E-state index in [4.69, 9.17) is 0 Å². The molecule has 1 heterocycles. The summed E-state index contributed by atoms with van der Waals surface area (Å²) in [5.74, 6) is 0.